The van der Waals surface area contributed by atoms with Crippen molar-refractivity contribution in [3.8, 4) is 0 Å². The Labute approximate surface area is 127 Å². The number of hydrogen-bond acceptors (Lipinski definition) is 3. The first kappa shape index (κ1) is 18.1. The molecule has 0 aliphatic heterocycles. The van der Waals surface area contributed by atoms with Crippen molar-refractivity contribution in [2.75, 3.05) is 24.6 Å². The molecule has 21 heavy (non-hydrogen) atoms. The second kappa shape index (κ2) is 9.15. The van der Waals surface area contributed by atoms with Gasteiger partial charge in [-0.25, -0.2) is 12.8 Å². The Bertz CT molecular complexity index is 517. The highest BCUT2D eigenvalue weighted by Gasteiger charge is 2.16. The first-order valence-corrected chi connectivity index (χ1v) is 9.45. The molecule has 3 nitrogen and oxygen atoms in total. The first-order chi connectivity index (χ1) is 9.98. The van der Waals surface area contributed by atoms with Crippen LogP contribution in [0.25, 0.3) is 0 Å². The lowest BCUT2D eigenvalue weighted by Crippen LogP contribution is -2.26. The minimum absolute atomic E-state index is 0.133. The molecule has 0 bridgehead atoms. The van der Waals surface area contributed by atoms with Crippen LogP contribution >= 0.6 is 0 Å². The molecule has 1 N–H and O–H groups in total. The van der Waals surface area contributed by atoms with E-state index in [1.807, 2.05) is 19.9 Å². The van der Waals surface area contributed by atoms with Crippen molar-refractivity contribution in [1.82, 2.24) is 5.32 Å². The van der Waals surface area contributed by atoms with Gasteiger partial charge < -0.3 is 5.32 Å². The van der Waals surface area contributed by atoms with Gasteiger partial charge in [0.05, 0.1) is 5.75 Å². The molecule has 1 aromatic rings. The summed E-state index contributed by atoms with van der Waals surface area (Å²) in [4.78, 5) is 0. The minimum atomic E-state index is -2.98. The SMILES string of the molecule is CCCS(=O)(=O)CCC(CNCC)Cc1ccccc1F. The molecule has 0 aromatic heterocycles. The molecule has 0 spiro atoms. The molecule has 0 saturated carbocycles. The van der Waals surface area contributed by atoms with E-state index in [9.17, 15) is 12.8 Å². The van der Waals surface area contributed by atoms with Crippen LogP contribution < -0.4 is 5.32 Å². The molecule has 1 unspecified atom stereocenters. The van der Waals surface area contributed by atoms with Gasteiger partial charge in [-0.3, -0.25) is 0 Å². The number of halogens is 1. The average Bonchev–Trinajstić information content (AvgIpc) is 2.44. The minimum Gasteiger partial charge on any atom is -0.317 e. The molecule has 1 atom stereocenters. The Balaban J connectivity index is 2.65. The molecule has 1 aromatic carbocycles. The van der Waals surface area contributed by atoms with Gasteiger partial charge in [0.1, 0.15) is 15.7 Å². The van der Waals surface area contributed by atoms with Gasteiger partial charge in [0, 0.05) is 5.75 Å². The molecular formula is C16H26FNO2S. The van der Waals surface area contributed by atoms with Crippen molar-refractivity contribution in [2.45, 2.75) is 33.1 Å². The van der Waals surface area contributed by atoms with E-state index < -0.39 is 9.84 Å². The lowest BCUT2D eigenvalue weighted by atomic mass is 9.96. The Morgan fingerprint density at radius 2 is 1.90 bits per heavy atom. The lowest BCUT2D eigenvalue weighted by molar-refractivity contribution is 0.455. The summed E-state index contributed by atoms with van der Waals surface area (Å²) in [5.74, 6) is 0.343. The number of benzene rings is 1. The maximum Gasteiger partial charge on any atom is 0.150 e. The summed E-state index contributed by atoms with van der Waals surface area (Å²) in [5, 5.41) is 3.24. The molecule has 0 saturated heterocycles. The number of hydrogen-bond donors (Lipinski definition) is 1. The second-order valence-electron chi connectivity index (χ2n) is 5.41. The fourth-order valence-corrected chi connectivity index (χ4v) is 3.88. The third-order valence-electron chi connectivity index (χ3n) is 3.50. The van der Waals surface area contributed by atoms with Gasteiger partial charge in [0.25, 0.3) is 0 Å². The summed E-state index contributed by atoms with van der Waals surface area (Å²) in [6, 6.07) is 6.71. The van der Waals surface area contributed by atoms with E-state index in [1.54, 1.807) is 12.1 Å². The molecule has 120 valence electrons. The third-order valence-corrected chi connectivity index (χ3v) is 5.39. The van der Waals surface area contributed by atoms with Crippen molar-refractivity contribution in [3.63, 3.8) is 0 Å². The topological polar surface area (TPSA) is 46.2 Å². The van der Waals surface area contributed by atoms with Crippen LogP contribution in [0.3, 0.4) is 0 Å². The van der Waals surface area contributed by atoms with Gasteiger partial charge in [-0.05, 0) is 49.9 Å². The molecule has 0 aliphatic rings. The smallest absolute Gasteiger partial charge is 0.150 e. The summed E-state index contributed by atoms with van der Waals surface area (Å²) in [5.41, 5.74) is 0.660. The average molecular weight is 315 g/mol. The van der Waals surface area contributed by atoms with Gasteiger partial charge in [-0.2, -0.15) is 0 Å². The van der Waals surface area contributed by atoms with E-state index in [1.165, 1.54) is 6.07 Å². The lowest BCUT2D eigenvalue weighted by Gasteiger charge is -2.18. The predicted molar refractivity (Wildman–Crippen MR) is 85.7 cm³/mol. The van der Waals surface area contributed by atoms with Crippen LogP contribution in [-0.4, -0.2) is 33.0 Å². The van der Waals surface area contributed by atoms with Crippen LogP contribution in [0.5, 0.6) is 0 Å². The van der Waals surface area contributed by atoms with Crippen LogP contribution in [0.2, 0.25) is 0 Å². The van der Waals surface area contributed by atoms with Crippen LogP contribution in [-0.2, 0) is 16.3 Å². The molecule has 0 aliphatic carbocycles. The molecule has 0 heterocycles. The van der Waals surface area contributed by atoms with Crippen molar-refractivity contribution >= 4 is 9.84 Å². The maximum absolute atomic E-state index is 13.7. The Morgan fingerprint density at radius 3 is 2.52 bits per heavy atom. The fraction of sp³-hybridized carbons (Fsp3) is 0.625. The van der Waals surface area contributed by atoms with Crippen LogP contribution in [0.4, 0.5) is 4.39 Å². The van der Waals surface area contributed by atoms with Crippen molar-refractivity contribution < 1.29 is 12.8 Å². The predicted octanol–water partition coefficient (Wildman–Crippen LogP) is 2.81. The Morgan fingerprint density at radius 1 is 1.19 bits per heavy atom. The largest absolute Gasteiger partial charge is 0.317 e. The number of nitrogens with one attached hydrogen (secondary N) is 1. The van der Waals surface area contributed by atoms with Gasteiger partial charge >= 0.3 is 0 Å². The molecule has 0 amide bonds. The van der Waals surface area contributed by atoms with E-state index in [-0.39, 0.29) is 23.2 Å². The highest BCUT2D eigenvalue weighted by molar-refractivity contribution is 7.91. The van der Waals surface area contributed by atoms with Crippen LogP contribution in [0, 0.1) is 11.7 Å². The summed E-state index contributed by atoms with van der Waals surface area (Å²) in [6.45, 7) is 5.42. The number of sulfone groups is 1. The monoisotopic (exact) mass is 315 g/mol. The molecule has 5 heteroatoms. The van der Waals surface area contributed by atoms with Gasteiger partial charge in [0.2, 0.25) is 0 Å². The molecule has 1 rings (SSSR count). The summed E-state index contributed by atoms with van der Waals surface area (Å²) < 4.78 is 37.4. The zero-order valence-corrected chi connectivity index (χ0v) is 13.8. The standard InChI is InChI=1S/C16H26FNO2S/c1-3-10-21(19,20)11-9-14(13-18-4-2)12-15-7-5-6-8-16(15)17/h5-8,14,18H,3-4,9-13H2,1-2H3. The van der Waals surface area contributed by atoms with Gasteiger partial charge in [-0.1, -0.05) is 32.0 Å². The highest BCUT2D eigenvalue weighted by atomic mass is 32.2. The van der Waals surface area contributed by atoms with Crippen molar-refractivity contribution in [3.05, 3.63) is 35.6 Å². The van der Waals surface area contributed by atoms with E-state index in [0.717, 1.165) is 6.54 Å². The fourth-order valence-electron chi connectivity index (χ4n) is 2.36. The maximum atomic E-state index is 13.7. The van der Waals surface area contributed by atoms with E-state index in [4.69, 9.17) is 0 Å². The van der Waals surface area contributed by atoms with Crippen molar-refractivity contribution in [2.24, 2.45) is 5.92 Å². The molecule has 0 radical (unpaired) electrons. The third kappa shape index (κ3) is 7.05. The Kier molecular flexibility index (Phi) is 7.89. The quantitative estimate of drug-likeness (QED) is 0.722. The van der Waals surface area contributed by atoms with Gasteiger partial charge in [-0.15, -0.1) is 0 Å². The summed E-state index contributed by atoms with van der Waals surface area (Å²) in [6.07, 6.45) is 1.79. The molecular weight excluding hydrogens is 289 g/mol. The Hall–Kier alpha value is -0.940. The summed E-state index contributed by atoms with van der Waals surface area (Å²) in [7, 11) is -2.98. The van der Waals surface area contributed by atoms with E-state index >= 15 is 0 Å². The normalized spacial score (nSPS) is 13.3. The van der Waals surface area contributed by atoms with Crippen molar-refractivity contribution in [1.29, 1.82) is 0 Å². The second-order valence-corrected chi connectivity index (χ2v) is 7.71. The zero-order valence-electron chi connectivity index (χ0n) is 12.9. The van der Waals surface area contributed by atoms with Crippen LogP contribution in [0.15, 0.2) is 24.3 Å². The molecule has 0 fully saturated rings. The first-order valence-electron chi connectivity index (χ1n) is 7.63. The van der Waals surface area contributed by atoms with E-state index in [2.05, 4.69) is 5.32 Å². The summed E-state index contributed by atoms with van der Waals surface area (Å²) >= 11 is 0. The highest BCUT2D eigenvalue weighted by Crippen LogP contribution is 2.16. The number of rotatable bonds is 10. The zero-order chi connectivity index (χ0) is 15.7. The van der Waals surface area contributed by atoms with Crippen LogP contribution in [0.1, 0.15) is 32.3 Å². The van der Waals surface area contributed by atoms with Gasteiger partial charge in [0.15, 0.2) is 0 Å². The van der Waals surface area contributed by atoms with E-state index in [0.29, 0.717) is 31.4 Å².